The van der Waals surface area contributed by atoms with Crippen LogP contribution in [0.1, 0.15) is 24.6 Å². The molecule has 1 fully saturated rings. The first-order chi connectivity index (χ1) is 12.7. The van der Waals surface area contributed by atoms with Gasteiger partial charge in [-0.05, 0) is 43.2 Å². The molecule has 0 spiro atoms. The van der Waals surface area contributed by atoms with E-state index in [0.29, 0.717) is 19.7 Å². The third-order valence-corrected chi connectivity index (χ3v) is 4.22. The van der Waals surface area contributed by atoms with Gasteiger partial charge in [0.2, 0.25) is 0 Å². The molecule has 0 amide bonds. The van der Waals surface area contributed by atoms with Gasteiger partial charge in [0.25, 0.3) is 0 Å². The molecule has 0 unspecified atom stereocenters. The highest BCUT2D eigenvalue weighted by atomic mass is 127. The number of rotatable bonds is 6. The number of ether oxygens (including phenoxy) is 1. The molecule has 6 nitrogen and oxygen atoms in total. The highest BCUT2D eigenvalue weighted by molar-refractivity contribution is 14.0. The Morgan fingerprint density at radius 2 is 2.22 bits per heavy atom. The standard InChI is InChI=1S/C20H26N4O2.HI/c1-2-21-20(24-11-9-18(25)14-24)23-13-16-6-5-8-19(12-16)26-15-17-7-3-4-10-22-17;/h3-8,10,12,18,25H,2,9,11,13-15H2,1H3,(H,21,23);1H/t18-;/m1./s1. The molecule has 2 aromatic rings. The SMILES string of the molecule is CCNC(=NCc1cccc(OCc2ccccn2)c1)N1CC[C@@H](O)C1.I. The molecule has 3 rings (SSSR count). The van der Waals surface area contributed by atoms with Crippen LogP contribution in [0.5, 0.6) is 5.75 Å². The largest absolute Gasteiger partial charge is 0.487 e. The number of pyridine rings is 1. The second kappa shape index (κ2) is 11.1. The van der Waals surface area contributed by atoms with Crippen molar-refractivity contribution in [3.8, 4) is 5.75 Å². The minimum absolute atomic E-state index is 0. The maximum atomic E-state index is 9.75. The minimum Gasteiger partial charge on any atom is -0.487 e. The number of benzene rings is 1. The molecule has 1 aromatic carbocycles. The smallest absolute Gasteiger partial charge is 0.194 e. The summed E-state index contributed by atoms with van der Waals surface area (Å²) in [6, 6.07) is 13.8. The Balaban J connectivity index is 0.00000261. The quantitative estimate of drug-likeness (QED) is 0.377. The number of hydrogen-bond donors (Lipinski definition) is 2. The van der Waals surface area contributed by atoms with Crippen molar-refractivity contribution in [1.29, 1.82) is 0 Å². The van der Waals surface area contributed by atoms with Gasteiger partial charge in [0.1, 0.15) is 12.4 Å². The fourth-order valence-corrected chi connectivity index (χ4v) is 2.90. The van der Waals surface area contributed by atoms with E-state index in [-0.39, 0.29) is 30.1 Å². The summed E-state index contributed by atoms with van der Waals surface area (Å²) in [7, 11) is 0. The third-order valence-electron chi connectivity index (χ3n) is 4.22. The summed E-state index contributed by atoms with van der Waals surface area (Å²) in [5.41, 5.74) is 1.98. The van der Waals surface area contributed by atoms with Crippen LogP contribution in [0, 0.1) is 0 Å². The van der Waals surface area contributed by atoms with E-state index in [4.69, 9.17) is 9.73 Å². The van der Waals surface area contributed by atoms with E-state index in [0.717, 1.165) is 42.5 Å². The number of aliphatic imine (C=N–C) groups is 1. The van der Waals surface area contributed by atoms with Crippen LogP contribution in [0.4, 0.5) is 0 Å². The zero-order valence-electron chi connectivity index (χ0n) is 15.5. The number of hydrogen-bond acceptors (Lipinski definition) is 4. The fraction of sp³-hybridized carbons (Fsp3) is 0.400. The van der Waals surface area contributed by atoms with Crippen LogP contribution in [0.3, 0.4) is 0 Å². The molecule has 27 heavy (non-hydrogen) atoms. The average molecular weight is 482 g/mol. The molecule has 1 saturated heterocycles. The summed E-state index contributed by atoms with van der Waals surface area (Å²) >= 11 is 0. The van der Waals surface area contributed by atoms with Crippen molar-refractivity contribution in [3.63, 3.8) is 0 Å². The Bertz CT molecular complexity index is 727. The van der Waals surface area contributed by atoms with Gasteiger partial charge >= 0.3 is 0 Å². The molecule has 0 radical (unpaired) electrons. The Hall–Kier alpha value is -1.87. The summed E-state index contributed by atoms with van der Waals surface area (Å²) in [6.45, 7) is 5.34. The summed E-state index contributed by atoms with van der Waals surface area (Å²) in [6.07, 6.45) is 2.30. The van der Waals surface area contributed by atoms with Gasteiger partial charge in [-0.3, -0.25) is 4.98 Å². The normalized spacial score (nSPS) is 16.7. The van der Waals surface area contributed by atoms with Gasteiger partial charge in [0.15, 0.2) is 5.96 Å². The lowest BCUT2D eigenvalue weighted by molar-refractivity contribution is 0.188. The third kappa shape index (κ3) is 6.66. The molecule has 1 atom stereocenters. The fourth-order valence-electron chi connectivity index (χ4n) is 2.90. The number of aliphatic hydroxyl groups is 1. The van der Waals surface area contributed by atoms with Crippen LogP contribution < -0.4 is 10.1 Å². The van der Waals surface area contributed by atoms with Crippen LogP contribution >= 0.6 is 24.0 Å². The first kappa shape index (κ1) is 21.4. The second-order valence-corrected chi connectivity index (χ2v) is 6.32. The summed E-state index contributed by atoms with van der Waals surface area (Å²) < 4.78 is 5.83. The van der Waals surface area contributed by atoms with E-state index >= 15 is 0 Å². The van der Waals surface area contributed by atoms with Crippen molar-refractivity contribution in [1.82, 2.24) is 15.2 Å². The second-order valence-electron chi connectivity index (χ2n) is 6.32. The van der Waals surface area contributed by atoms with Crippen LogP contribution in [0.25, 0.3) is 0 Å². The summed E-state index contributed by atoms with van der Waals surface area (Å²) in [4.78, 5) is 11.1. The Kier molecular flexibility index (Phi) is 8.80. The van der Waals surface area contributed by atoms with Crippen molar-refractivity contribution >= 4 is 29.9 Å². The summed E-state index contributed by atoms with van der Waals surface area (Å²) in [5.74, 6) is 1.66. The van der Waals surface area contributed by atoms with E-state index in [2.05, 4.69) is 15.2 Å². The molecular weight excluding hydrogens is 455 g/mol. The zero-order valence-corrected chi connectivity index (χ0v) is 17.9. The molecule has 0 aliphatic carbocycles. The number of β-amino-alcohol motifs (C(OH)–C–C–N with tert-alkyl or cyclic N) is 1. The van der Waals surface area contributed by atoms with E-state index in [9.17, 15) is 5.11 Å². The molecule has 0 saturated carbocycles. The number of nitrogens with one attached hydrogen (secondary N) is 1. The topological polar surface area (TPSA) is 70.0 Å². The molecule has 2 heterocycles. The van der Waals surface area contributed by atoms with Crippen molar-refractivity contribution in [3.05, 3.63) is 59.9 Å². The van der Waals surface area contributed by atoms with Crippen molar-refractivity contribution in [2.75, 3.05) is 19.6 Å². The number of guanidine groups is 1. The van der Waals surface area contributed by atoms with Crippen LogP contribution in [0.15, 0.2) is 53.7 Å². The van der Waals surface area contributed by atoms with Crippen molar-refractivity contribution in [2.24, 2.45) is 4.99 Å². The van der Waals surface area contributed by atoms with E-state index in [1.165, 1.54) is 0 Å². The zero-order chi connectivity index (χ0) is 18.2. The monoisotopic (exact) mass is 482 g/mol. The van der Waals surface area contributed by atoms with E-state index in [1.54, 1.807) is 6.20 Å². The Labute approximate surface area is 177 Å². The van der Waals surface area contributed by atoms with Crippen LogP contribution in [-0.4, -0.2) is 46.7 Å². The maximum absolute atomic E-state index is 9.75. The van der Waals surface area contributed by atoms with Gasteiger partial charge in [-0.1, -0.05) is 18.2 Å². The highest BCUT2D eigenvalue weighted by Gasteiger charge is 2.22. The number of aliphatic hydroxyl groups excluding tert-OH is 1. The van der Waals surface area contributed by atoms with Gasteiger partial charge in [0, 0.05) is 25.8 Å². The van der Waals surface area contributed by atoms with Crippen molar-refractivity contribution in [2.45, 2.75) is 32.6 Å². The molecule has 146 valence electrons. The average Bonchev–Trinajstić information content (AvgIpc) is 3.11. The lowest BCUT2D eigenvalue weighted by Crippen LogP contribution is -2.40. The molecule has 1 aliphatic heterocycles. The van der Waals surface area contributed by atoms with Crippen LogP contribution in [0.2, 0.25) is 0 Å². The number of aromatic nitrogens is 1. The van der Waals surface area contributed by atoms with Gasteiger partial charge in [-0.25, -0.2) is 4.99 Å². The molecule has 1 aromatic heterocycles. The van der Waals surface area contributed by atoms with Crippen molar-refractivity contribution < 1.29 is 9.84 Å². The van der Waals surface area contributed by atoms with E-state index in [1.807, 2.05) is 49.4 Å². The minimum atomic E-state index is -0.262. The van der Waals surface area contributed by atoms with Gasteiger partial charge in [0.05, 0.1) is 18.3 Å². The number of nitrogens with zero attached hydrogens (tertiary/aromatic N) is 3. The number of halogens is 1. The maximum Gasteiger partial charge on any atom is 0.194 e. The number of likely N-dealkylation sites (tertiary alicyclic amines) is 1. The molecule has 0 bridgehead atoms. The Morgan fingerprint density at radius 1 is 1.33 bits per heavy atom. The highest BCUT2D eigenvalue weighted by Crippen LogP contribution is 2.16. The summed E-state index contributed by atoms with van der Waals surface area (Å²) in [5, 5.41) is 13.0. The van der Waals surface area contributed by atoms with E-state index < -0.39 is 0 Å². The Morgan fingerprint density at radius 3 is 2.93 bits per heavy atom. The molecule has 2 N–H and O–H groups in total. The lowest BCUT2D eigenvalue weighted by Gasteiger charge is -2.21. The predicted molar refractivity (Wildman–Crippen MR) is 117 cm³/mol. The molecule has 1 aliphatic rings. The molecular formula is C20H27IN4O2. The van der Waals surface area contributed by atoms with Crippen LogP contribution in [-0.2, 0) is 13.2 Å². The predicted octanol–water partition coefficient (Wildman–Crippen LogP) is 2.81. The van der Waals surface area contributed by atoms with Gasteiger partial charge in [-0.15, -0.1) is 24.0 Å². The van der Waals surface area contributed by atoms with Gasteiger partial charge in [-0.2, -0.15) is 0 Å². The first-order valence-electron chi connectivity index (χ1n) is 9.07. The molecule has 7 heteroatoms. The van der Waals surface area contributed by atoms with Gasteiger partial charge < -0.3 is 20.1 Å². The first-order valence-corrected chi connectivity index (χ1v) is 9.07. The lowest BCUT2D eigenvalue weighted by atomic mass is 10.2.